The molecule has 1 rings (SSSR count). The van der Waals surface area contributed by atoms with Crippen molar-refractivity contribution in [2.75, 3.05) is 5.73 Å². The molecular weight excluding hydrogens is 171 g/mol. The molecule has 0 aliphatic heterocycles. The fraction of sp³-hybridized carbons (Fsp3) is 0. The first kappa shape index (κ1) is 9.07. The van der Waals surface area contributed by atoms with Crippen molar-refractivity contribution in [2.45, 2.75) is 0 Å². The van der Waals surface area contributed by atoms with Crippen molar-refractivity contribution in [2.24, 2.45) is 5.73 Å². The normalized spacial score (nSPS) is 8.69. The number of halogens is 1. The summed E-state index contributed by atoms with van der Waals surface area (Å²) in [5, 5.41) is 0. The Balaban J connectivity index is 3.00. The van der Waals surface area contributed by atoms with Crippen LogP contribution < -0.4 is 11.5 Å². The van der Waals surface area contributed by atoms with Crippen LogP contribution in [0.3, 0.4) is 0 Å². The van der Waals surface area contributed by atoms with E-state index in [9.17, 15) is 9.18 Å². The largest absolute Gasteiger partial charge is 0.396 e. The van der Waals surface area contributed by atoms with E-state index in [2.05, 4.69) is 11.8 Å². The van der Waals surface area contributed by atoms with Crippen molar-refractivity contribution >= 4 is 11.6 Å². The highest BCUT2D eigenvalue weighted by molar-refractivity contribution is 5.92. The summed E-state index contributed by atoms with van der Waals surface area (Å²) >= 11 is 0. The number of amides is 1. The molecule has 0 heterocycles. The first-order chi connectivity index (χ1) is 6.09. The average Bonchev–Trinajstić information content (AvgIpc) is 2.07. The molecule has 0 fully saturated rings. The minimum absolute atomic E-state index is 0.0459. The number of carbonyl (C=O) groups is 1. The zero-order chi connectivity index (χ0) is 9.84. The molecule has 0 aromatic heterocycles. The summed E-state index contributed by atoms with van der Waals surface area (Å²) in [6.45, 7) is 0. The van der Waals surface area contributed by atoms with Gasteiger partial charge in [0.25, 0.3) is 5.91 Å². The third kappa shape index (κ3) is 2.49. The van der Waals surface area contributed by atoms with Crippen molar-refractivity contribution in [3.8, 4) is 11.8 Å². The molecule has 0 aliphatic rings. The van der Waals surface area contributed by atoms with Crippen LogP contribution in [0.2, 0.25) is 0 Å². The van der Waals surface area contributed by atoms with E-state index >= 15 is 0 Å². The molecule has 66 valence electrons. The van der Waals surface area contributed by atoms with Gasteiger partial charge in [0.05, 0.1) is 5.69 Å². The lowest BCUT2D eigenvalue weighted by molar-refractivity contribution is -0.112. The standard InChI is InChI=1S/C9H7FN2O/c10-7-5-6(1-3-8(7)11)2-4-9(12)13/h1,3,5H,11H2,(H2,12,13). The number of rotatable bonds is 0. The summed E-state index contributed by atoms with van der Waals surface area (Å²) in [6.07, 6.45) is 0. The molecule has 0 aliphatic carbocycles. The van der Waals surface area contributed by atoms with Crippen LogP contribution in [0.1, 0.15) is 5.56 Å². The van der Waals surface area contributed by atoms with Crippen LogP contribution in [0, 0.1) is 17.7 Å². The highest BCUT2D eigenvalue weighted by Gasteiger charge is 1.96. The first-order valence-corrected chi connectivity index (χ1v) is 3.46. The Morgan fingerprint density at radius 2 is 2.15 bits per heavy atom. The van der Waals surface area contributed by atoms with Gasteiger partial charge in [0.1, 0.15) is 5.82 Å². The zero-order valence-corrected chi connectivity index (χ0v) is 6.67. The molecule has 0 radical (unpaired) electrons. The van der Waals surface area contributed by atoms with Gasteiger partial charge in [-0.1, -0.05) is 5.92 Å². The van der Waals surface area contributed by atoms with Gasteiger partial charge < -0.3 is 11.5 Å². The van der Waals surface area contributed by atoms with Crippen molar-refractivity contribution in [1.29, 1.82) is 0 Å². The third-order valence-electron chi connectivity index (χ3n) is 1.33. The Morgan fingerprint density at radius 1 is 1.46 bits per heavy atom. The lowest BCUT2D eigenvalue weighted by Gasteiger charge is -1.94. The van der Waals surface area contributed by atoms with E-state index in [-0.39, 0.29) is 5.69 Å². The summed E-state index contributed by atoms with van der Waals surface area (Å²) in [5.41, 5.74) is 10.4. The van der Waals surface area contributed by atoms with E-state index in [0.29, 0.717) is 5.56 Å². The topological polar surface area (TPSA) is 69.1 Å². The number of primary amides is 1. The Morgan fingerprint density at radius 3 is 2.69 bits per heavy atom. The predicted octanol–water partition coefficient (Wildman–Crippen LogP) is 0.245. The maximum atomic E-state index is 12.8. The molecule has 1 amide bonds. The van der Waals surface area contributed by atoms with E-state index in [1.54, 1.807) is 0 Å². The van der Waals surface area contributed by atoms with Crippen molar-refractivity contribution in [3.05, 3.63) is 29.6 Å². The van der Waals surface area contributed by atoms with Gasteiger partial charge in [-0.2, -0.15) is 0 Å². The molecule has 4 heteroatoms. The number of nitrogen functional groups attached to an aromatic ring is 1. The maximum absolute atomic E-state index is 12.8. The van der Waals surface area contributed by atoms with Gasteiger partial charge in [-0.15, -0.1) is 0 Å². The molecule has 0 bridgehead atoms. The van der Waals surface area contributed by atoms with Crippen LogP contribution in [0.4, 0.5) is 10.1 Å². The number of anilines is 1. The van der Waals surface area contributed by atoms with Gasteiger partial charge in [0, 0.05) is 5.56 Å². The van der Waals surface area contributed by atoms with E-state index in [0.717, 1.165) is 6.07 Å². The number of benzene rings is 1. The summed E-state index contributed by atoms with van der Waals surface area (Å²) in [4.78, 5) is 10.3. The molecule has 0 saturated carbocycles. The highest BCUT2D eigenvalue weighted by Crippen LogP contribution is 2.10. The molecule has 1 aromatic rings. The monoisotopic (exact) mass is 178 g/mol. The smallest absolute Gasteiger partial charge is 0.293 e. The van der Waals surface area contributed by atoms with Crippen molar-refractivity contribution in [1.82, 2.24) is 0 Å². The van der Waals surface area contributed by atoms with Crippen LogP contribution in [-0.4, -0.2) is 5.91 Å². The van der Waals surface area contributed by atoms with Gasteiger partial charge >= 0.3 is 0 Å². The van der Waals surface area contributed by atoms with Crippen LogP contribution in [0.5, 0.6) is 0 Å². The van der Waals surface area contributed by atoms with Crippen molar-refractivity contribution in [3.63, 3.8) is 0 Å². The summed E-state index contributed by atoms with van der Waals surface area (Å²) < 4.78 is 12.8. The molecule has 3 nitrogen and oxygen atoms in total. The second-order valence-corrected chi connectivity index (χ2v) is 2.35. The van der Waals surface area contributed by atoms with Crippen LogP contribution >= 0.6 is 0 Å². The fourth-order valence-corrected chi connectivity index (χ4v) is 0.739. The van der Waals surface area contributed by atoms with Gasteiger partial charge in [-0.05, 0) is 24.1 Å². The minimum atomic E-state index is -0.753. The number of nitrogens with two attached hydrogens (primary N) is 2. The van der Waals surface area contributed by atoms with Crippen LogP contribution in [-0.2, 0) is 4.79 Å². The Kier molecular flexibility index (Phi) is 2.50. The molecular formula is C9H7FN2O. The average molecular weight is 178 g/mol. The molecule has 13 heavy (non-hydrogen) atoms. The van der Waals surface area contributed by atoms with E-state index < -0.39 is 11.7 Å². The van der Waals surface area contributed by atoms with Gasteiger partial charge in [-0.25, -0.2) is 4.39 Å². The fourth-order valence-electron chi connectivity index (χ4n) is 0.739. The zero-order valence-electron chi connectivity index (χ0n) is 6.67. The lowest BCUT2D eigenvalue weighted by atomic mass is 10.2. The first-order valence-electron chi connectivity index (χ1n) is 3.46. The van der Waals surface area contributed by atoms with Crippen LogP contribution in [0.25, 0.3) is 0 Å². The SMILES string of the molecule is NC(=O)C#Cc1ccc(N)c(F)c1. The molecule has 1 aromatic carbocycles. The van der Waals surface area contributed by atoms with Gasteiger partial charge in [-0.3, -0.25) is 4.79 Å². The number of hydrogen-bond donors (Lipinski definition) is 2. The van der Waals surface area contributed by atoms with Gasteiger partial charge in [0.2, 0.25) is 0 Å². The number of carbonyl (C=O) groups excluding carboxylic acids is 1. The molecule has 0 atom stereocenters. The molecule has 0 spiro atoms. The number of hydrogen-bond acceptors (Lipinski definition) is 2. The van der Waals surface area contributed by atoms with Gasteiger partial charge in [0.15, 0.2) is 0 Å². The second kappa shape index (κ2) is 3.59. The Hall–Kier alpha value is -2.02. The predicted molar refractivity (Wildman–Crippen MR) is 46.9 cm³/mol. The quantitative estimate of drug-likeness (QED) is 0.441. The molecule has 0 saturated heterocycles. The van der Waals surface area contributed by atoms with E-state index in [1.165, 1.54) is 12.1 Å². The summed E-state index contributed by atoms with van der Waals surface area (Å²) in [5.74, 6) is 3.17. The minimum Gasteiger partial charge on any atom is -0.396 e. The van der Waals surface area contributed by atoms with Crippen molar-refractivity contribution < 1.29 is 9.18 Å². The molecule has 0 unspecified atom stereocenters. The maximum Gasteiger partial charge on any atom is 0.293 e. The Labute approximate surface area is 74.5 Å². The highest BCUT2D eigenvalue weighted by atomic mass is 19.1. The van der Waals surface area contributed by atoms with Crippen LogP contribution in [0.15, 0.2) is 18.2 Å². The lowest BCUT2D eigenvalue weighted by Crippen LogP contribution is -2.06. The third-order valence-corrected chi connectivity index (χ3v) is 1.33. The van der Waals surface area contributed by atoms with E-state index in [4.69, 9.17) is 11.5 Å². The Bertz CT molecular complexity index is 404. The summed E-state index contributed by atoms with van der Waals surface area (Å²) in [6, 6.07) is 4.03. The van der Waals surface area contributed by atoms with E-state index in [1.807, 2.05) is 0 Å². The molecule has 4 N–H and O–H groups in total. The second-order valence-electron chi connectivity index (χ2n) is 2.35. The summed E-state index contributed by atoms with van der Waals surface area (Å²) in [7, 11) is 0.